The van der Waals surface area contributed by atoms with Crippen molar-refractivity contribution in [3.63, 3.8) is 0 Å². The Kier molecular flexibility index (Phi) is 6.07. The fourth-order valence-corrected chi connectivity index (χ4v) is 4.23. The summed E-state index contributed by atoms with van der Waals surface area (Å²) in [5.41, 5.74) is -1.21. The van der Waals surface area contributed by atoms with Crippen LogP contribution in [0.15, 0.2) is 28.5 Å². The van der Waals surface area contributed by atoms with Crippen molar-refractivity contribution in [1.82, 2.24) is 19.7 Å². The summed E-state index contributed by atoms with van der Waals surface area (Å²) < 4.78 is 64.1. The lowest BCUT2D eigenvalue weighted by molar-refractivity contribution is -0.137. The number of rotatable bonds is 4. The van der Waals surface area contributed by atoms with Gasteiger partial charge in [0, 0.05) is 19.3 Å². The zero-order valence-corrected chi connectivity index (χ0v) is 16.3. The van der Waals surface area contributed by atoms with Crippen molar-refractivity contribution in [2.24, 2.45) is 0 Å². The first kappa shape index (κ1) is 21.5. The molecule has 0 N–H and O–H groups in total. The monoisotopic (exact) mass is 444 g/mol. The van der Waals surface area contributed by atoms with Crippen molar-refractivity contribution in [2.75, 3.05) is 13.1 Å². The molecule has 2 heterocycles. The zero-order valence-electron chi connectivity index (χ0n) is 14.0. The molecule has 27 heavy (non-hydrogen) atoms. The molecule has 2 aromatic heterocycles. The molecule has 0 aromatic carbocycles. The molecule has 0 unspecified atom stereocenters. The number of alkyl halides is 3. The Labute approximate surface area is 162 Å². The van der Waals surface area contributed by atoms with Gasteiger partial charge in [-0.05, 0) is 19.9 Å². The molecule has 0 aliphatic rings. The topological polar surface area (TPSA) is 85.2 Å². The van der Waals surface area contributed by atoms with Crippen molar-refractivity contribution >= 4 is 39.1 Å². The van der Waals surface area contributed by atoms with Crippen LogP contribution in [0.4, 0.5) is 18.0 Å². The molecular formula is C14H13Cl2F3N4O3S. The Balaban J connectivity index is 2.51. The molecule has 0 fully saturated rings. The molecule has 0 saturated heterocycles. The van der Waals surface area contributed by atoms with Crippen LogP contribution in [0.3, 0.4) is 0 Å². The molecule has 0 aliphatic heterocycles. The number of halogens is 5. The van der Waals surface area contributed by atoms with Crippen molar-refractivity contribution in [3.05, 3.63) is 34.1 Å². The predicted molar refractivity (Wildman–Crippen MR) is 90.7 cm³/mol. The molecule has 7 nitrogen and oxygen atoms in total. The number of hydrogen-bond acceptors (Lipinski definition) is 5. The van der Waals surface area contributed by atoms with E-state index in [0.717, 1.165) is 10.9 Å². The summed E-state index contributed by atoms with van der Waals surface area (Å²) in [4.78, 5) is 16.9. The average Bonchev–Trinajstić information content (AvgIpc) is 2.97. The maximum Gasteiger partial charge on any atom is 0.417 e. The third-order valence-corrected chi connectivity index (χ3v) is 5.95. The Hall–Kier alpha value is -1.85. The van der Waals surface area contributed by atoms with E-state index in [4.69, 9.17) is 23.2 Å². The van der Waals surface area contributed by atoms with Crippen LogP contribution in [-0.4, -0.2) is 47.2 Å². The third kappa shape index (κ3) is 4.19. The molecule has 2 rings (SSSR count). The molecular weight excluding hydrogens is 432 g/mol. The molecule has 0 bridgehead atoms. The first-order valence-electron chi connectivity index (χ1n) is 7.45. The molecule has 0 aliphatic carbocycles. The molecule has 0 saturated carbocycles. The van der Waals surface area contributed by atoms with Crippen molar-refractivity contribution in [3.8, 4) is 0 Å². The van der Waals surface area contributed by atoms with E-state index in [0.29, 0.717) is 25.4 Å². The van der Waals surface area contributed by atoms with Crippen LogP contribution in [0, 0.1) is 0 Å². The van der Waals surface area contributed by atoms with Gasteiger partial charge >= 0.3 is 12.2 Å². The number of pyridine rings is 1. The van der Waals surface area contributed by atoms with E-state index in [-0.39, 0.29) is 0 Å². The summed E-state index contributed by atoms with van der Waals surface area (Å²) >= 11 is 11.6. The summed E-state index contributed by atoms with van der Waals surface area (Å²) in [7, 11) is -4.56. The van der Waals surface area contributed by atoms with Gasteiger partial charge in [-0.25, -0.2) is 18.2 Å². The number of amides is 1. The zero-order chi connectivity index (χ0) is 20.6. The second-order valence-electron chi connectivity index (χ2n) is 5.19. The predicted octanol–water partition coefficient (Wildman–Crippen LogP) is 3.75. The number of aromatic nitrogens is 3. The summed E-state index contributed by atoms with van der Waals surface area (Å²) in [6.07, 6.45) is -3.41. The smallest absolute Gasteiger partial charge is 0.323 e. The van der Waals surface area contributed by atoms with E-state index in [9.17, 15) is 26.4 Å². The van der Waals surface area contributed by atoms with E-state index >= 15 is 0 Å². The Bertz CT molecular complexity index is 972. The minimum Gasteiger partial charge on any atom is -0.323 e. The van der Waals surface area contributed by atoms with Gasteiger partial charge < -0.3 is 4.90 Å². The van der Waals surface area contributed by atoms with Crippen molar-refractivity contribution < 1.29 is 26.4 Å². The first-order valence-corrected chi connectivity index (χ1v) is 9.69. The van der Waals surface area contributed by atoms with Crippen LogP contribution in [0.1, 0.15) is 19.4 Å². The normalized spacial score (nSPS) is 12.3. The maximum absolute atomic E-state index is 12.7. The van der Waals surface area contributed by atoms with Gasteiger partial charge in [0.1, 0.15) is 0 Å². The molecule has 13 heteroatoms. The SMILES string of the molecule is CCN(CC)C(=O)n1cc(Cl)c(S(=O)(=O)c2ncc(C(F)(F)F)cc2Cl)n1. The van der Waals surface area contributed by atoms with Crippen LogP contribution in [0.25, 0.3) is 0 Å². The summed E-state index contributed by atoms with van der Waals surface area (Å²) in [6, 6.07) is -0.178. The molecule has 0 atom stereocenters. The summed E-state index contributed by atoms with van der Waals surface area (Å²) in [6.45, 7) is 4.13. The second kappa shape index (κ2) is 7.64. The summed E-state index contributed by atoms with van der Waals surface area (Å²) in [5, 5.41) is 0.947. The van der Waals surface area contributed by atoms with Crippen molar-refractivity contribution in [1.29, 1.82) is 0 Å². The Morgan fingerprint density at radius 3 is 2.26 bits per heavy atom. The molecule has 0 radical (unpaired) electrons. The Morgan fingerprint density at radius 1 is 1.19 bits per heavy atom. The van der Waals surface area contributed by atoms with Gasteiger partial charge in [-0.15, -0.1) is 5.10 Å². The van der Waals surface area contributed by atoms with E-state index in [1.165, 1.54) is 4.90 Å². The van der Waals surface area contributed by atoms with Crippen LogP contribution >= 0.6 is 23.2 Å². The van der Waals surface area contributed by atoms with Crippen LogP contribution < -0.4 is 0 Å². The van der Waals surface area contributed by atoms with Gasteiger partial charge in [-0.2, -0.15) is 17.9 Å². The lowest BCUT2D eigenvalue weighted by Gasteiger charge is -2.17. The lowest BCUT2D eigenvalue weighted by Crippen LogP contribution is -2.34. The van der Waals surface area contributed by atoms with Crippen LogP contribution in [-0.2, 0) is 16.0 Å². The average molecular weight is 445 g/mol. The van der Waals surface area contributed by atoms with Crippen LogP contribution in [0.5, 0.6) is 0 Å². The van der Waals surface area contributed by atoms with Crippen LogP contribution in [0.2, 0.25) is 10.0 Å². The van der Waals surface area contributed by atoms with Crippen molar-refractivity contribution in [2.45, 2.75) is 30.1 Å². The molecule has 148 valence electrons. The highest BCUT2D eigenvalue weighted by atomic mass is 35.5. The highest BCUT2D eigenvalue weighted by Crippen LogP contribution is 2.34. The highest BCUT2D eigenvalue weighted by molar-refractivity contribution is 7.91. The van der Waals surface area contributed by atoms with Gasteiger partial charge in [0.05, 0.1) is 21.8 Å². The first-order chi connectivity index (χ1) is 12.4. The fraction of sp³-hybridized carbons (Fsp3) is 0.357. The van der Waals surface area contributed by atoms with E-state index in [2.05, 4.69) is 10.1 Å². The number of sulfone groups is 1. The highest BCUT2D eigenvalue weighted by Gasteiger charge is 2.35. The maximum atomic E-state index is 12.7. The van der Waals surface area contributed by atoms with E-state index in [1.807, 2.05) is 0 Å². The molecule has 1 amide bonds. The number of nitrogens with zero attached hydrogens (tertiary/aromatic N) is 4. The lowest BCUT2D eigenvalue weighted by atomic mass is 10.3. The van der Waals surface area contributed by atoms with E-state index < -0.39 is 47.7 Å². The van der Waals surface area contributed by atoms with Gasteiger partial charge in [-0.1, -0.05) is 23.2 Å². The van der Waals surface area contributed by atoms with Gasteiger partial charge in [0.25, 0.3) is 0 Å². The second-order valence-corrected chi connectivity index (χ2v) is 7.79. The van der Waals surface area contributed by atoms with E-state index in [1.54, 1.807) is 13.8 Å². The third-order valence-electron chi connectivity index (χ3n) is 3.51. The molecule has 0 spiro atoms. The standard InChI is InChI=1S/C14H13Cl2F3N4O3S/c1-3-22(4-2)13(24)23-7-10(16)12(21-23)27(25,26)11-9(15)5-8(6-20-11)14(17,18)19/h5-7H,3-4H2,1-2H3. The Morgan fingerprint density at radius 2 is 1.78 bits per heavy atom. The quantitative estimate of drug-likeness (QED) is 0.716. The van der Waals surface area contributed by atoms with Gasteiger partial charge in [0.15, 0.2) is 5.03 Å². The molecule has 2 aromatic rings. The number of carbonyl (C=O) groups excluding carboxylic acids is 1. The minimum atomic E-state index is -4.74. The fourth-order valence-electron chi connectivity index (χ4n) is 2.13. The largest absolute Gasteiger partial charge is 0.417 e. The number of carbonyl (C=O) groups is 1. The van der Waals surface area contributed by atoms with Gasteiger partial charge in [-0.3, -0.25) is 0 Å². The number of hydrogen-bond donors (Lipinski definition) is 0. The minimum absolute atomic E-state index is 0.338. The van der Waals surface area contributed by atoms with Gasteiger partial charge in [0.2, 0.25) is 14.9 Å². The summed E-state index contributed by atoms with van der Waals surface area (Å²) in [5.74, 6) is 0.